The van der Waals surface area contributed by atoms with Gasteiger partial charge in [-0.3, -0.25) is 4.79 Å². The number of amides is 1. The molecular weight excluding hydrogens is 248 g/mol. The Bertz CT molecular complexity index is 422. The van der Waals surface area contributed by atoms with E-state index in [1.165, 1.54) is 0 Å². The minimum absolute atomic E-state index is 0.0333. The number of carbonyl (C=O) groups excluding carboxylic acids is 1. The van der Waals surface area contributed by atoms with Crippen LogP contribution in [0.25, 0.3) is 0 Å². The Kier molecular flexibility index (Phi) is 3.30. The van der Waals surface area contributed by atoms with E-state index in [-0.39, 0.29) is 11.9 Å². The summed E-state index contributed by atoms with van der Waals surface area (Å²) in [5.41, 5.74) is 0. The quantitative estimate of drug-likeness (QED) is 0.758. The lowest BCUT2D eigenvalue weighted by molar-refractivity contribution is -0.132. The first-order chi connectivity index (χ1) is 8.74. The maximum atomic E-state index is 12.3. The van der Waals surface area contributed by atoms with Crippen LogP contribution in [0.15, 0.2) is 18.7 Å². The van der Waals surface area contributed by atoms with Gasteiger partial charge in [-0.15, -0.1) is 0 Å². The zero-order chi connectivity index (χ0) is 12.5. The van der Waals surface area contributed by atoms with Crippen molar-refractivity contribution in [3.63, 3.8) is 0 Å². The molecular formula is C12H18N4OS. The van der Waals surface area contributed by atoms with E-state index < -0.39 is 0 Å². The Hall–Kier alpha value is -1.01. The highest BCUT2D eigenvalue weighted by Crippen LogP contribution is 2.23. The van der Waals surface area contributed by atoms with Gasteiger partial charge in [0, 0.05) is 37.3 Å². The molecule has 0 radical (unpaired) electrons. The van der Waals surface area contributed by atoms with Gasteiger partial charge in [0.05, 0.1) is 18.4 Å². The minimum Gasteiger partial charge on any atom is -0.339 e. The van der Waals surface area contributed by atoms with E-state index in [2.05, 4.69) is 27.5 Å². The van der Waals surface area contributed by atoms with Gasteiger partial charge in [-0.1, -0.05) is 0 Å². The van der Waals surface area contributed by atoms with Gasteiger partial charge in [-0.25, -0.2) is 4.98 Å². The van der Waals surface area contributed by atoms with Crippen molar-refractivity contribution < 1.29 is 4.79 Å². The first-order valence-electron chi connectivity index (χ1n) is 6.41. The number of carbonyl (C=O) groups is 1. The smallest absolute Gasteiger partial charge is 0.239 e. The topological polar surface area (TPSA) is 50.2 Å². The van der Waals surface area contributed by atoms with Crippen molar-refractivity contribution in [3.8, 4) is 0 Å². The van der Waals surface area contributed by atoms with E-state index in [1.54, 1.807) is 6.20 Å². The molecule has 2 aliphatic rings. The molecule has 3 rings (SSSR count). The Morgan fingerprint density at radius 3 is 3.06 bits per heavy atom. The number of rotatable bonds is 2. The molecule has 1 aromatic rings. The van der Waals surface area contributed by atoms with Crippen LogP contribution >= 0.6 is 12.6 Å². The summed E-state index contributed by atoms with van der Waals surface area (Å²) in [6.45, 7) is 2.47. The second-order valence-electron chi connectivity index (χ2n) is 5.09. The molecule has 0 bridgehead atoms. The molecule has 6 heteroatoms. The highest BCUT2D eigenvalue weighted by atomic mass is 32.1. The predicted molar refractivity (Wildman–Crippen MR) is 71.6 cm³/mol. The third-order valence-corrected chi connectivity index (χ3v) is 4.22. The standard InChI is InChI=1S/C12H18N4OS/c17-12(11-5-10(18)6-14-11)15-3-1-9(7-15)16-4-2-13-8-16/h2,4,8-11,14,18H,1,3,5-7H2/t9-,10-,11-/m0/s1. The van der Waals surface area contributed by atoms with Crippen molar-refractivity contribution in [3.05, 3.63) is 18.7 Å². The fraction of sp³-hybridized carbons (Fsp3) is 0.667. The summed E-state index contributed by atoms with van der Waals surface area (Å²) in [5.74, 6) is 0.231. The summed E-state index contributed by atoms with van der Waals surface area (Å²) in [6, 6.07) is 0.346. The molecule has 2 saturated heterocycles. The number of imidazole rings is 1. The lowest BCUT2D eigenvalue weighted by Crippen LogP contribution is -2.42. The monoisotopic (exact) mass is 266 g/mol. The van der Waals surface area contributed by atoms with Crippen molar-refractivity contribution in [2.75, 3.05) is 19.6 Å². The van der Waals surface area contributed by atoms with Crippen LogP contribution in [0.4, 0.5) is 0 Å². The summed E-state index contributed by atoms with van der Waals surface area (Å²) in [5, 5.41) is 3.56. The van der Waals surface area contributed by atoms with Crippen molar-refractivity contribution in [2.45, 2.75) is 30.2 Å². The van der Waals surface area contributed by atoms with Crippen molar-refractivity contribution in [1.29, 1.82) is 0 Å². The van der Waals surface area contributed by atoms with E-state index in [9.17, 15) is 4.79 Å². The van der Waals surface area contributed by atoms with Gasteiger partial charge in [0.15, 0.2) is 0 Å². The lowest BCUT2D eigenvalue weighted by Gasteiger charge is -2.20. The molecule has 0 aromatic carbocycles. The van der Waals surface area contributed by atoms with Gasteiger partial charge >= 0.3 is 0 Å². The SMILES string of the molecule is O=C([C@@H]1C[C@H](S)CN1)N1CC[C@H](n2ccnc2)C1. The number of hydrogen-bond acceptors (Lipinski definition) is 4. The molecule has 1 N–H and O–H groups in total. The number of nitrogens with zero attached hydrogens (tertiary/aromatic N) is 3. The van der Waals surface area contributed by atoms with Crippen molar-refractivity contribution >= 4 is 18.5 Å². The van der Waals surface area contributed by atoms with E-state index in [0.717, 1.165) is 32.5 Å². The number of hydrogen-bond donors (Lipinski definition) is 2. The molecule has 0 saturated carbocycles. The van der Waals surface area contributed by atoms with Gasteiger partial charge in [0.1, 0.15) is 0 Å². The summed E-state index contributed by atoms with van der Waals surface area (Å²) >= 11 is 4.41. The van der Waals surface area contributed by atoms with Gasteiger partial charge in [0.25, 0.3) is 0 Å². The van der Waals surface area contributed by atoms with Crippen LogP contribution in [-0.4, -0.2) is 51.3 Å². The first-order valence-corrected chi connectivity index (χ1v) is 6.93. The molecule has 3 heterocycles. The summed E-state index contributed by atoms with van der Waals surface area (Å²) in [7, 11) is 0. The second kappa shape index (κ2) is 4.93. The Balaban J connectivity index is 1.60. The molecule has 2 fully saturated rings. The van der Waals surface area contributed by atoms with E-state index in [0.29, 0.717) is 11.3 Å². The average molecular weight is 266 g/mol. The van der Waals surface area contributed by atoms with E-state index in [4.69, 9.17) is 0 Å². The zero-order valence-electron chi connectivity index (χ0n) is 10.2. The summed E-state index contributed by atoms with van der Waals surface area (Å²) < 4.78 is 2.09. The van der Waals surface area contributed by atoms with Crippen molar-refractivity contribution in [2.24, 2.45) is 0 Å². The molecule has 98 valence electrons. The lowest BCUT2D eigenvalue weighted by atomic mass is 10.2. The van der Waals surface area contributed by atoms with E-state index in [1.807, 2.05) is 17.4 Å². The maximum Gasteiger partial charge on any atom is 0.239 e. The van der Waals surface area contributed by atoms with Gasteiger partial charge in [0.2, 0.25) is 5.91 Å². The molecule has 18 heavy (non-hydrogen) atoms. The molecule has 3 atom stereocenters. The third kappa shape index (κ3) is 2.27. The van der Waals surface area contributed by atoms with Crippen LogP contribution in [0.2, 0.25) is 0 Å². The Labute approximate surface area is 112 Å². The predicted octanol–water partition coefficient (Wildman–Crippen LogP) is 0.317. The number of likely N-dealkylation sites (tertiary alicyclic amines) is 1. The number of thiol groups is 1. The minimum atomic E-state index is -0.0333. The normalized spacial score (nSPS) is 32.1. The van der Waals surface area contributed by atoms with Gasteiger partial charge in [-0.05, 0) is 12.8 Å². The van der Waals surface area contributed by atoms with Crippen LogP contribution in [0.3, 0.4) is 0 Å². The Morgan fingerprint density at radius 2 is 2.39 bits per heavy atom. The highest BCUT2D eigenvalue weighted by Gasteiger charge is 2.34. The molecule has 2 aliphatic heterocycles. The molecule has 0 aliphatic carbocycles. The fourth-order valence-electron chi connectivity index (χ4n) is 2.80. The van der Waals surface area contributed by atoms with Gasteiger partial charge < -0.3 is 14.8 Å². The molecule has 0 spiro atoms. The number of aromatic nitrogens is 2. The van der Waals surface area contributed by atoms with Crippen LogP contribution < -0.4 is 5.32 Å². The summed E-state index contributed by atoms with van der Waals surface area (Å²) in [6.07, 6.45) is 7.44. The van der Waals surface area contributed by atoms with Crippen LogP contribution in [-0.2, 0) is 4.79 Å². The summed E-state index contributed by atoms with van der Waals surface area (Å²) in [4.78, 5) is 18.3. The van der Waals surface area contributed by atoms with Crippen LogP contribution in [0, 0.1) is 0 Å². The fourth-order valence-corrected chi connectivity index (χ4v) is 3.11. The second-order valence-corrected chi connectivity index (χ2v) is 5.82. The molecule has 0 unspecified atom stereocenters. The first kappa shape index (κ1) is 12.0. The largest absolute Gasteiger partial charge is 0.339 e. The molecule has 5 nitrogen and oxygen atoms in total. The van der Waals surface area contributed by atoms with Gasteiger partial charge in [-0.2, -0.15) is 12.6 Å². The van der Waals surface area contributed by atoms with Crippen LogP contribution in [0.1, 0.15) is 18.9 Å². The van der Waals surface area contributed by atoms with Crippen molar-refractivity contribution in [1.82, 2.24) is 19.8 Å². The average Bonchev–Trinajstić information content (AvgIpc) is 3.09. The third-order valence-electron chi connectivity index (χ3n) is 3.83. The highest BCUT2D eigenvalue weighted by molar-refractivity contribution is 7.81. The Morgan fingerprint density at radius 1 is 1.50 bits per heavy atom. The molecule has 1 aromatic heterocycles. The molecule has 1 amide bonds. The maximum absolute atomic E-state index is 12.3. The van der Waals surface area contributed by atoms with E-state index >= 15 is 0 Å². The zero-order valence-corrected chi connectivity index (χ0v) is 11.1. The number of nitrogens with one attached hydrogen (secondary N) is 1. The van der Waals surface area contributed by atoms with Crippen LogP contribution in [0.5, 0.6) is 0 Å².